The lowest BCUT2D eigenvalue weighted by atomic mass is 9.99. The molecule has 3 saturated heterocycles. The summed E-state index contributed by atoms with van der Waals surface area (Å²) in [7, 11) is -3.27. The van der Waals surface area contributed by atoms with Crippen LogP contribution in [0.2, 0.25) is 0 Å². The van der Waals surface area contributed by atoms with Gasteiger partial charge in [0.1, 0.15) is 5.76 Å². The third-order valence-corrected chi connectivity index (χ3v) is 9.80. The highest BCUT2D eigenvalue weighted by atomic mass is 32.2. The van der Waals surface area contributed by atoms with Crippen molar-refractivity contribution < 1.29 is 17.7 Å². The first-order valence-electron chi connectivity index (χ1n) is 11.9. The zero-order valence-corrected chi connectivity index (χ0v) is 19.1. The molecule has 1 aromatic heterocycles. The minimum atomic E-state index is -3.27. The van der Waals surface area contributed by atoms with Crippen LogP contribution in [-0.4, -0.2) is 72.2 Å². The first-order valence-corrected chi connectivity index (χ1v) is 13.5. The van der Waals surface area contributed by atoms with Crippen molar-refractivity contribution in [2.24, 2.45) is 5.92 Å². The fourth-order valence-corrected chi connectivity index (χ4v) is 8.17. The molecule has 3 aliphatic heterocycles. The van der Waals surface area contributed by atoms with E-state index in [-0.39, 0.29) is 35.7 Å². The summed E-state index contributed by atoms with van der Waals surface area (Å²) >= 11 is 0. The maximum absolute atomic E-state index is 13.3. The largest absolute Gasteiger partial charge is 0.360 e. The van der Waals surface area contributed by atoms with Gasteiger partial charge in [0.15, 0.2) is 5.69 Å². The summed E-state index contributed by atoms with van der Waals surface area (Å²) < 4.78 is 33.7. The highest BCUT2D eigenvalue weighted by Crippen LogP contribution is 2.41. The van der Waals surface area contributed by atoms with Crippen molar-refractivity contribution in [3.05, 3.63) is 17.5 Å². The Morgan fingerprint density at radius 1 is 1.13 bits per heavy atom. The van der Waals surface area contributed by atoms with Gasteiger partial charge in [-0.15, -0.1) is 0 Å². The molecule has 1 N–H and O–H groups in total. The van der Waals surface area contributed by atoms with Crippen LogP contribution in [0.4, 0.5) is 0 Å². The molecule has 31 heavy (non-hydrogen) atoms. The second-order valence-corrected chi connectivity index (χ2v) is 11.8. The molecule has 2 bridgehead atoms. The van der Waals surface area contributed by atoms with Crippen LogP contribution in [0.25, 0.3) is 0 Å². The summed E-state index contributed by atoms with van der Waals surface area (Å²) in [4.78, 5) is 15.0. The SMILES string of the molecule is CCN1CCC(CS(=O)(=O)N2[C@@H]3CC[C@H]2C[C@@H](NC(=O)c2cc(C4CC4)on2)C3)CC1. The van der Waals surface area contributed by atoms with Gasteiger partial charge in [0, 0.05) is 30.1 Å². The number of carbonyl (C=O) groups excluding carboxylic acids is 1. The maximum Gasteiger partial charge on any atom is 0.273 e. The molecule has 4 fully saturated rings. The predicted molar refractivity (Wildman–Crippen MR) is 116 cm³/mol. The van der Waals surface area contributed by atoms with Gasteiger partial charge in [-0.3, -0.25) is 4.79 Å². The molecule has 0 unspecified atom stereocenters. The lowest BCUT2D eigenvalue weighted by Gasteiger charge is -2.39. The number of piperidine rings is 2. The molecule has 0 aromatic carbocycles. The van der Waals surface area contributed by atoms with E-state index < -0.39 is 10.0 Å². The second-order valence-electron chi connectivity index (χ2n) is 9.90. The molecule has 4 heterocycles. The summed E-state index contributed by atoms with van der Waals surface area (Å²) in [5.41, 5.74) is 0.336. The van der Waals surface area contributed by atoms with Gasteiger partial charge in [0.05, 0.1) is 5.75 Å². The van der Waals surface area contributed by atoms with Gasteiger partial charge in [-0.2, -0.15) is 4.31 Å². The van der Waals surface area contributed by atoms with Crippen molar-refractivity contribution in [3.8, 4) is 0 Å². The lowest BCUT2D eigenvalue weighted by molar-refractivity contribution is 0.0900. The lowest BCUT2D eigenvalue weighted by Crippen LogP contribution is -2.53. The van der Waals surface area contributed by atoms with Crippen LogP contribution in [0.1, 0.15) is 80.5 Å². The maximum atomic E-state index is 13.3. The minimum Gasteiger partial charge on any atom is -0.360 e. The summed E-state index contributed by atoms with van der Waals surface area (Å²) in [6, 6.07) is 1.75. The van der Waals surface area contributed by atoms with E-state index in [1.54, 1.807) is 6.07 Å². The van der Waals surface area contributed by atoms with Gasteiger partial charge >= 0.3 is 0 Å². The van der Waals surface area contributed by atoms with Crippen LogP contribution in [0.3, 0.4) is 0 Å². The molecule has 9 heteroatoms. The quantitative estimate of drug-likeness (QED) is 0.685. The summed E-state index contributed by atoms with van der Waals surface area (Å²) in [5, 5.41) is 7.02. The molecular formula is C22H34N4O4S. The molecule has 0 radical (unpaired) electrons. The number of rotatable bonds is 7. The Labute approximate surface area is 184 Å². The monoisotopic (exact) mass is 450 g/mol. The van der Waals surface area contributed by atoms with Crippen molar-refractivity contribution in [3.63, 3.8) is 0 Å². The summed E-state index contributed by atoms with van der Waals surface area (Å²) in [6.07, 6.45) is 7.28. The summed E-state index contributed by atoms with van der Waals surface area (Å²) in [5.74, 6) is 1.55. The van der Waals surface area contributed by atoms with Crippen LogP contribution < -0.4 is 5.32 Å². The Balaban J connectivity index is 1.18. The van der Waals surface area contributed by atoms with E-state index in [1.807, 2.05) is 4.31 Å². The Morgan fingerprint density at radius 2 is 1.81 bits per heavy atom. The van der Waals surface area contributed by atoms with E-state index >= 15 is 0 Å². The zero-order chi connectivity index (χ0) is 21.6. The number of aromatic nitrogens is 1. The van der Waals surface area contributed by atoms with Gasteiger partial charge in [0.2, 0.25) is 10.0 Å². The van der Waals surface area contributed by atoms with Gasteiger partial charge in [-0.05, 0) is 76.9 Å². The van der Waals surface area contributed by atoms with Gasteiger partial charge < -0.3 is 14.7 Å². The van der Waals surface area contributed by atoms with E-state index in [9.17, 15) is 13.2 Å². The van der Waals surface area contributed by atoms with Crippen molar-refractivity contribution in [1.82, 2.24) is 19.7 Å². The third kappa shape index (κ3) is 4.54. The van der Waals surface area contributed by atoms with Crippen LogP contribution >= 0.6 is 0 Å². The molecule has 1 amide bonds. The Bertz CT molecular complexity index is 890. The molecule has 3 atom stereocenters. The molecule has 1 aromatic rings. The Hall–Kier alpha value is -1.45. The fourth-order valence-electron chi connectivity index (χ4n) is 5.78. The van der Waals surface area contributed by atoms with E-state index in [4.69, 9.17) is 4.52 Å². The van der Waals surface area contributed by atoms with Gasteiger partial charge in [-0.25, -0.2) is 8.42 Å². The Morgan fingerprint density at radius 3 is 2.42 bits per heavy atom. The molecule has 4 aliphatic rings. The highest BCUT2D eigenvalue weighted by molar-refractivity contribution is 7.89. The molecule has 0 spiro atoms. The first kappa shape index (κ1) is 21.4. The van der Waals surface area contributed by atoms with Crippen LogP contribution in [0.15, 0.2) is 10.6 Å². The normalized spacial score (nSPS) is 30.5. The number of likely N-dealkylation sites (tertiary alicyclic amines) is 1. The number of carbonyl (C=O) groups is 1. The molecule has 5 rings (SSSR count). The Kier molecular flexibility index (Phi) is 5.85. The predicted octanol–water partition coefficient (Wildman–Crippen LogP) is 2.34. The van der Waals surface area contributed by atoms with Gasteiger partial charge in [0.25, 0.3) is 5.91 Å². The van der Waals surface area contributed by atoms with Crippen molar-refractivity contribution in [2.45, 2.75) is 82.3 Å². The fraction of sp³-hybridized carbons (Fsp3) is 0.818. The van der Waals surface area contributed by atoms with Crippen LogP contribution in [-0.2, 0) is 10.0 Å². The van der Waals surface area contributed by atoms with Crippen molar-refractivity contribution in [1.29, 1.82) is 0 Å². The highest BCUT2D eigenvalue weighted by Gasteiger charge is 2.47. The first-order chi connectivity index (χ1) is 14.9. The number of fused-ring (bicyclic) bond motifs is 2. The van der Waals surface area contributed by atoms with Crippen molar-refractivity contribution in [2.75, 3.05) is 25.4 Å². The van der Waals surface area contributed by atoms with E-state index in [0.29, 0.717) is 24.5 Å². The number of nitrogens with zero attached hydrogens (tertiary/aromatic N) is 3. The third-order valence-electron chi connectivity index (χ3n) is 7.66. The average molecular weight is 451 g/mol. The van der Waals surface area contributed by atoms with Crippen molar-refractivity contribution >= 4 is 15.9 Å². The minimum absolute atomic E-state index is 0.00381. The second kappa shape index (κ2) is 8.48. The topological polar surface area (TPSA) is 95.8 Å². The number of nitrogens with one attached hydrogen (secondary N) is 1. The van der Waals surface area contributed by atoms with Crippen LogP contribution in [0, 0.1) is 5.92 Å². The summed E-state index contributed by atoms with van der Waals surface area (Å²) in [6.45, 7) is 5.20. The number of hydrogen-bond acceptors (Lipinski definition) is 6. The average Bonchev–Trinajstić information content (AvgIpc) is 3.40. The smallest absolute Gasteiger partial charge is 0.273 e. The molecule has 1 aliphatic carbocycles. The number of sulfonamides is 1. The van der Waals surface area contributed by atoms with E-state index in [0.717, 1.165) is 63.9 Å². The van der Waals surface area contributed by atoms with E-state index in [2.05, 4.69) is 22.3 Å². The molecular weight excluding hydrogens is 416 g/mol. The number of amides is 1. The van der Waals surface area contributed by atoms with E-state index in [1.165, 1.54) is 0 Å². The van der Waals surface area contributed by atoms with Gasteiger partial charge in [-0.1, -0.05) is 12.1 Å². The number of hydrogen-bond donors (Lipinski definition) is 1. The molecule has 8 nitrogen and oxygen atoms in total. The molecule has 1 saturated carbocycles. The standard InChI is InChI=1S/C22H34N4O4S/c1-2-25-9-7-15(8-10-25)14-31(28,29)26-18-5-6-19(26)12-17(11-18)23-22(27)20-13-21(30-24-20)16-3-4-16/h13,15-19H,2-12,14H2,1H3,(H,23,27)/t17-,18+,19-. The van der Waals surface area contributed by atoms with Crippen LogP contribution in [0.5, 0.6) is 0 Å². The molecule has 172 valence electrons. The zero-order valence-electron chi connectivity index (χ0n) is 18.3.